The molecule has 0 spiro atoms. The van der Waals surface area contributed by atoms with Crippen molar-refractivity contribution in [1.29, 1.82) is 0 Å². The van der Waals surface area contributed by atoms with Gasteiger partial charge < -0.3 is 20.3 Å². The lowest BCUT2D eigenvalue weighted by molar-refractivity contribution is -0.126. The molecule has 0 radical (unpaired) electrons. The number of rotatable bonds is 8. The van der Waals surface area contributed by atoms with Gasteiger partial charge in [-0.2, -0.15) is 0 Å². The highest BCUT2D eigenvalue weighted by Gasteiger charge is 2.34. The van der Waals surface area contributed by atoms with Gasteiger partial charge in [0, 0.05) is 50.4 Å². The lowest BCUT2D eigenvalue weighted by atomic mass is 10.1. The molecule has 1 aromatic rings. The molecule has 0 aliphatic carbocycles. The average molecular weight is 340 g/mol. The molecule has 1 unspecified atom stereocenters. The van der Waals surface area contributed by atoms with Crippen molar-refractivity contribution in [3.05, 3.63) is 29.3 Å². The van der Waals surface area contributed by atoms with E-state index in [0.717, 1.165) is 12.2 Å². The van der Waals surface area contributed by atoms with Gasteiger partial charge in [0.25, 0.3) is 0 Å². The zero-order chi connectivity index (χ0) is 16.7. The Balaban J connectivity index is 1.77. The molecule has 1 atom stereocenters. The monoisotopic (exact) mass is 339 g/mol. The molecule has 6 nitrogen and oxygen atoms in total. The van der Waals surface area contributed by atoms with Crippen LogP contribution in [-0.4, -0.2) is 51.7 Å². The first-order valence-electron chi connectivity index (χ1n) is 7.65. The fraction of sp³-hybridized carbons (Fsp3) is 0.500. The van der Waals surface area contributed by atoms with Crippen molar-refractivity contribution in [1.82, 2.24) is 10.6 Å². The normalized spacial score (nSPS) is 17.6. The minimum atomic E-state index is -0.308. The van der Waals surface area contributed by atoms with Crippen molar-refractivity contribution in [3.8, 4) is 0 Å². The number of nitrogens with zero attached hydrogens (tertiary/aromatic N) is 1. The van der Waals surface area contributed by atoms with Crippen LogP contribution in [0.3, 0.4) is 0 Å². The topological polar surface area (TPSA) is 70.7 Å². The molecule has 2 amide bonds. The van der Waals surface area contributed by atoms with E-state index in [0.29, 0.717) is 31.3 Å². The van der Waals surface area contributed by atoms with Crippen LogP contribution in [-0.2, 0) is 14.3 Å². The van der Waals surface area contributed by atoms with E-state index in [9.17, 15) is 9.59 Å². The number of hydrogen-bond acceptors (Lipinski definition) is 4. The van der Waals surface area contributed by atoms with E-state index in [1.165, 1.54) is 0 Å². The molecule has 2 N–H and O–H groups in total. The van der Waals surface area contributed by atoms with Gasteiger partial charge in [0.05, 0.1) is 12.5 Å². The van der Waals surface area contributed by atoms with Crippen LogP contribution in [0, 0.1) is 5.92 Å². The zero-order valence-electron chi connectivity index (χ0n) is 13.2. The number of anilines is 1. The fourth-order valence-electron chi connectivity index (χ4n) is 2.47. The summed E-state index contributed by atoms with van der Waals surface area (Å²) in [7, 11) is 1.65. The number of nitrogens with one attached hydrogen (secondary N) is 2. The van der Waals surface area contributed by atoms with E-state index in [-0.39, 0.29) is 24.2 Å². The molecule has 126 valence electrons. The Kier molecular flexibility index (Phi) is 6.83. The number of amides is 2. The summed E-state index contributed by atoms with van der Waals surface area (Å²) in [5.74, 6) is -0.425. The van der Waals surface area contributed by atoms with Crippen LogP contribution >= 0.6 is 11.6 Å². The molecular formula is C16H22ClN3O3. The van der Waals surface area contributed by atoms with E-state index in [1.807, 2.05) is 0 Å². The van der Waals surface area contributed by atoms with Gasteiger partial charge in [0.15, 0.2) is 0 Å². The number of methoxy groups -OCH3 is 1. The average Bonchev–Trinajstić information content (AvgIpc) is 2.93. The summed E-state index contributed by atoms with van der Waals surface area (Å²) in [6, 6.07) is 7.06. The number of ether oxygens (including phenoxy) is 1. The summed E-state index contributed by atoms with van der Waals surface area (Å²) in [6.45, 7) is 3.01. The van der Waals surface area contributed by atoms with Crippen molar-refractivity contribution >= 4 is 29.1 Å². The first-order valence-corrected chi connectivity index (χ1v) is 8.03. The van der Waals surface area contributed by atoms with Crippen LogP contribution in [0.2, 0.25) is 5.02 Å². The molecule has 0 saturated carbocycles. The Labute approximate surface area is 141 Å². The predicted molar refractivity (Wildman–Crippen MR) is 89.7 cm³/mol. The van der Waals surface area contributed by atoms with E-state index in [1.54, 1.807) is 36.3 Å². The number of carbonyl (C=O) groups is 2. The Morgan fingerprint density at radius 3 is 2.74 bits per heavy atom. The van der Waals surface area contributed by atoms with Crippen molar-refractivity contribution < 1.29 is 14.3 Å². The highest BCUT2D eigenvalue weighted by molar-refractivity contribution is 6.30. The second-order valence-corrected chi connectivity index (χ2v) is 5.85. The Morgan fingerprint density at radius 2 is 2.04 bits per heavy atom. The molecule has 1 saturated heterocycles. The third kappa shape index (κ3) is 5.20. The molecular weight excluding hydrogens is 318 g/mol. The molecule has 23 heavy (non-hydrogen) atoms. The van der Waals surface area contributed by atoms with Gasteiger partial charge in [0.1, 0.15) is 0 Å². The second kappa shape index (κ2) is 8.86. The van der Waals surface area contributed by atoms with Gasteiger partial charge in [-0.25, -0.2) is 0 Å². The SMILES string of the molecule is COCCNCCNC(=O)C1CC(=O)N(c2ccc(Cl)cc2)C1. The van der Waals surface area contributed by atoms with Crippen molar-refractivity contribution in [2.75, 3.05) is 44.8 Å². The first-order chi connectivity index (χ1) is 11.1. The summed E-state index contributed by atoms with van der Waals surface area (Å²) in [5.41, 5.74) is 0.774. The third-order valence-corrected chi connectivity index (χ3v) is 3.97. The summed E-state index contributed by atoms with van der Waals surface area (Å²) < 4.78 is 4.92. The largest absolute Gasteiger partial charge is 0.383 e. The van der Waals surface area contributed by atoms with E-state index in [2.05, 4.69) is 10.6 Å². The fourth-order valence-corrected chi connectivity index (χ4v) is 2.60. The maximum absolute atomic E-state index is 12.1. The Hall–Kier alpha value is -1.63. The predicted octanol–water partition coefficient (Wildman–Crippen LogP) is 1.05. The summed E-state index contributed by atoms with van der Waals surface area (Å²) in [5, 5.41) is 6.63. The maximum Gasteiger partial charge on any atom is 0.227 e. The maximum atomic E-state index is 12.1. The van der Waals surface area contributed by atoms with Crippen molar-refractivity contribution in [3.63, 3.8) is 0 Å². The summed E-state index contributed by atoms with van der Waals surface area (Å²) >= 11 is 5.86. The molecule has 1 heterocycles. The molecule has 0 bridgehead atoms. The van der Waals surface area contributed by atoms with Gasteiger partial charge in [-0.3, -0.25) is 9.59 Å². The van der Waals surface area contributed by atoms with Gasteiger partial charge in [-0.15, -0.1) is 0 Å². The van der Waals surface area contributed by atoms with Crippen LogP contribution in [0.5, 0.6) is 0 Å². The molecule has 0 aromatic heterocycles. The number of halogens is 1. The summed E-state index contributed by atoms with van der Waals surface area (Å²) in [6.07, 6.45) is 0.242. The van der Waals surface area contributed by atoms with Gasteiger partial charge >= 0.3 is 0 Å². The molecule has 1 aliphatic heterocycles. The van der Waals surface area contributed by atoms with Crippen molar-refractivity contribution in [2.45, 2.75) is 6.42 Å². The van der Waals surface area contributed by atoms with Gasteiger partial charge in [0.2, 0.25) is 11.8 Å². The van der Waals surface area contributed by atoms with Crippen LogP contribution in [0.1, 0.15) is 6.42 Å². The minimum Gasteiger partial charge on any atom is -0.383 e. The molecule has 2 rings (SSSR count). The van der Waals surface area contributed by atoms with Crippen LogP contribution in [0.4, 0.5) is 5.69 Å². The smallest absolute Gasteiger partial charge is 0.227 e. The van der Waals surface area contributed by atoms with Crippen LogP contribution in [0.25, 0.3) is 0 Å². The Morgan fingerprint density at radius 1 is 1.30 bits per heavy atom. The lowest BCUT2D eigenvalue weighted by Crippen LogP contribution is -2.37. The van der Waals surface area contributed by atoms with Crippen LogP contribution < -0.4 is 15.5 Å². The van der Waals surface area contributed by atoms with E-state index < -0.39 is 0 Å². The highest BCUT2D eigenvalue weighted by atomic mass is 35.5. The molecule has 1 aliphatic rings. The number of hydrogen-bond donors (Lipinski definition) is 2. The van der Waals surface area contributed by atoms with Gasteiger partial charge in [-0.05, 0) is 24.3 Å². The Bertz CT molecular complexity index is 536. The minimum absolute atomic E-state index is 0.0364. The van der Waals surface area contributed by atoms with Crippen LogP contribution in [0.15, 0.2) is 24.3 Å². The highest BCUT2D eigenvalue weighted by Crippen LogP contribution is 2.26. The number of carbonyl (C=O) groups excluding carboxylic acids is 2. The molecule has 1 aromatic carbocycles. The quantitative estimate of drug-likeness (QED) is 0.694. The van der Waals surface area contributed by atoms with Gasteiger partial charge in [-0.1, -0.05) is 11.6 Å². The molecule has 1 fully saturated rings. The summed E-state index contributed by atoms with van der Waals surface area (Å²) in [4.78, 5) is 25.9. The standard InChI is InChI=1S/C16H22ClN3O3/c1-23-9-8-18-6-7-19-16(22)12-10-15(21)20(11-12)14-4-2-13(17)3-5-14/h2-5,12,18H,6-11H2,1H3,(H,19,22). The second-order valence-electron chi connectivity index (χ2n) is 5.42. The van der Waals surface area contributed by atoms with E-state index in [4.69, 9.17) is 16.3 Å². The zero-order valence-corrected chi connectivity index (χ0v) is 13.9. The number of benzene rings is 1. The first kappa shape index (κ1) is 17.7. The molecule has 7 heteroatoms. The van der Waals surface area contributed by atoms with Crippen molar-refractivity contribution in [2.24, 2.45) is 5.92 Å². The lowest BCUT2D eigenvalue weighted by Gasteiger charge is -2.16. The van der Waals surface area contributed by atoms with E-state index >= 15 is 0 Å². The third-order valence-electron chi connectivity index (χ3n) is 3.72.